The lowest BCUT2D eigenvalue weighted by Crippen LogP contribution is -2.44. The quantitative estimate of drug-likeness (QED) is 0.901. The highest BCUT2D eigenvalue weighted by Gasteiger charge is 2.34. The average Bonchev–Trinajstić information content (AvgIpc) is 2.37. The van der Waals surface area contributed by atoms with Gasteiger partial charge in [0, 0.05) is 11.6 Å². The van der Waals surface area contributed by atoms with Gasteiger partial charge in [0.05, 0.1) is 12.2 Å². The summed E-state index contributed by atoms with van der Waals surface area (Å²) in [5.74, 6) is 0.710. The van der Waals surface area contributed by atoms with Gasteiger partial charge in [-0.2, -0.15) is 0 Å². The zero-order valence-electron chi connectivity index (χ0n) is 11.0. The maximum Gasteiger partial charge on any atom is 0.0811 e. The Morgan fingerprint density at radius 2 is 2.33 bits per heavy atom. The van der Waals surface area contributed by atoms with Gasteiger partial charge in [-0.25, -0.2) is 0 Å². The van der Waals surface area contributed by atoms with E-state index < -0.39 is 0 Å². The number of ether oxygens (including phenoxy) is 1. The van der Waals surface area contributed by atoms with E-state index in [4.69, 9.17) is 22.1 Å². The van der Waals surface area contributed by atoms with E-state index in [-0.39, 0.29) is 5.60 Å². The summed E-state index contributed by atoms with van der Waals surface area (Å²) in [6.07, 6.45) is 4.66. The van der Waals surface area contributed by atoms with E-state index in [1.807, 2.05) is 24.3 Å². The molecule has 0 radical (unpaired) electrons. The normalized spacial score (nSPS) is 28.3. The molecule has 2 nitrogen and oxygen atoms in total. The van der Waals surface area contributed by atoms with Crippen molar-refractivity contribution in [1.82, 2.24) is 0 Å². The molecule has 0 spiro atoms. The van der Waals surface area contributed by atoms with Crippen molar-refractivity contribution in [2.75, 3.05) is 6.54 Å². The molecule has 0 bridgehead atoms. The Labute approximate surface area is 114 Å². The standard InChI is InChI=1S/C15H22ClNO/c1-12-4-3-7-15(9-12,11-17)18-10-13-5-2-6-14(16)8-13/h2,5-6,8,12H,3-4,7,9-11,17H2,1H3. The SMILES string of the molecule is CC1CCCC(CN)(OCc2cccc(Cl)c2)C1. The predicted octanol–water partition coefficient (Wildman–Crippen LogP) is 3.76. The highest BCUT2D eigenvalue weighted by Crippen LogP contribution is 2.35. The summed E-state index contributed by atoms with van der Waals surface area (Å²) < 4.78 is 6.15. The van der Waals surface area contributed by atoms with E-state index in [9.17, 15) is 0 Å². The minimum atomic E-state index is -0.125. The van der Waals surface area contributed by atoms with Crippen LogP contribution >= 0.6 is 11.6 Å². The fourth-order valence-corrected chi connectivity index (χ4v) is 3.06. The van der Waals surface area contributed by atoms with Gasteiger partial charge in [-0.1, -0.05) is 43.5 Å². The Morgan fingerprint density at radius 1 is 1.50 bits per heavy atom. The number of hydrogen-bond donors (Lipinski definition) is 1. The Hall–Kier alpha value is -0.570. The highest BCUT2D eigenvalue weighted by atomic mass is 35.5. The Kier molecular flexibility index (Phi) is 4.66. The Bertz CT molecular complexity index is 396. The zero-order chi connectivity index (χ0) is 13.0. The molecule has 2 unspecified atom stereocenters. The molecular formula is C15H22ClNO. The molecule has 0 amide bonds. The van der Waals surface area contributed by atoms with Crippen LogP contribution in [0.4, 0.5) is 0 Å². The van der Waals surface area contributed by atoms with Crippen molar-refractivity contribution in [1.29, 1.82) is 0 Å². The summed E-state index contributed by atoms with van der Waals surface area (Å²) in [5.41, 5.74) is 6.94. The fourth-order valence-electron chi connectivity index (χ4n) is 2.85. The third-order valence-electron chi connectivity index (χ3n) is 3.86. The number of benzene rings is 1. The van der Waals surface area contributed by atoms with Crippen LogP contribution in [0.25, 0.3) is 0 Å². The smallest absolute Gasteiger partial charge is 0.0811 e. The van der Waals surface area contributed by atoms with Crippen molar-refractivity contribution in [2.24, 2.45) is 11.7 Å². The summed E-state index contributed by atoms with van der Waals surface area (Å²) in [7, 11) is 0. The van der Waals surface area contributed by atoms with Gasteiger partial charge in [0.2, 0.25) is 0 Å². The van der Waals surface area contributed by atoms with Crippen molar-refractivity contribution in [2.45, 2.75) is 44.8 Å². The molecular weight excluding hydrogens is 246 g/mol. The van der Waals surface area contributed by atoms with Crippen LogP contribution in [0.1, 0.15) is 38.2 Å². The average molecular weight is 268 g/mol. The lowest BCUT2D eigenvalue weighted by atomic mass is 9.79. The predicted molar refractivity (Wildman–Crippen MR) is 75.7 cm³/mol. The van der Waals surface area contributed by atoms with E-state index >= 15 is 0 Å². The molecule has 0 aromatic heterocycles. The van der Waals surface area contributed by atoms with Gasteiger partial charge in [-0.15, -0.1) is 0 Å². The third-order valence-corrected chi connectivity index (χ3v) is 4.09. The maximum absolute atomic E-state index is 6.15. The molecule has 0 aliphatic heterocycles. The van der Waals surface area contributed by atoms with Crippen LogP contribution in [-0.2, 0) is 11.3 Å². The van der Waals surface area contributed by atoms with E-state index in [1.54, 1.807) is 0 Å². The molecule has 100 valence electrons. The monoisotopic (exact) mass is 267 g/mol. The van der Waals surface area contributed by atoms with Crippen LogP contribution in [0.5, 0.6) is 0 Å². The van der Waals surface area contributed by atoms with Crippen molar-refractivity contribution in [3.63, 3.8) is 0 Å². The molecule has 0 heterocycles. The first-order valence-corrected chi connectivity index (χ1v) is 7.10. The summed E-state index contributed by atoms with van der Waals surface area (Å²) in [6, 6.07) is 7.84. The molecule has 1 aliphatic carbocycles. The topological polar surface area (TPSA) is 35.2 Å². The number of halogens is 1. The second kappa shape index (κ2) is 6.05. The van der Waals surface area contributed by atoms with Crippen LogP contribution < -0.4 is 5.73 Å². The first-order chi connectivity index (χ1) is 8.63. The Morgan fingerprint density at radius 3 is 3.00 bits per heavy atom. The van der Waals surface area contributed by atoms with Gasteiger partial charge < -0.3 is 10.5 Å². The van der Waals surface area contributed by atoms with Crippen LogP contribution in [0.2, 0.25) is 5.02 Å². The lowest BCUT2D eigenvalue weighted by molar-refractivity contribution is -0.0840. The molecule has 1 aromatic rings. The molecule has 2 rings (SSSR count). The first-order valence-electron chi connectivity index (χ1n) is 6.72. The molecule has 1 aromatic carbocycles. The van der Waals surface area contributed by atoms with Crippen LogP contribution in [0, 0.1) is 5.92 Å². The molecule has 2 atom stereocenters. The van der Waals surface area contributed by atoms with E-state index in [1.165, 1.54) is 12.8 Å². The number of hydrogen-bond acceptors (Lipinski definition) is 2. The van der Waals surface area contributed by atoms with Crippen LogP contribution in [-0.4, -0.2) is 12.1 Å². The zero-order valence-corrected chi connectivity index (χ0v) is 11.7. The third kappa shape index (κ3) is 3.47. The van der Waals surface area contributed by atoms with Crippen LogP contribution in [0.3, 0.4) is 0 Å². The highest BCUT2D eigenvalue weighted by molar-refractivity contribution is 6.30. The largest absolute Gasteiger partial charge is 0.369 e. The second-order valence-corrected chi connectivity index (χ2v) is 5.94. The number of rotatable bonds is 4. The molecule has 1 aliphatic rings. The fraction of sp³-hybridized carbons (Fsp3) is 0.600. The van der Waals surface area contributed by atoms with Crippen molar-refractivity contribution in [3.05, 3.63) is 34.9 Å². The minimum Gasteiger partial charge on any atom is -0.369 e. The van der Waals surface area contributed by atoms with Crippen molar-refractivity contribution in [3.8, 4) is 0 Å². The molecule has 18 heavy (non-hydrogen) atoms. The molecule has 1 saturated carbocycles. The lowest BCUT2D eigenvalue weighted by Gasteiger charge is -2.39. The molecule has 3 heteroatoms. The van der Waals surface area contributed by atoms with Gasteiger partial charge >= 0.3 is 0 Å². The van der Waals surface area contributed by atoms with Gasteiger partial charge in [-0.05, 0) is 36.5 Å². The van der Waals surface area contributed by atoms with E-state index in [0.717, 1.165) is 23.4 Å². The van der Waals surface area contributed by atoms with Gasteiger partial charge in [0.25, 0.3) is 0 Å². The number of nitrogens with two attached hydrogens (primary N) is 1. The van der Waals surface area contributed by atoms with Gasteiger partial charge in [-0.3, -0.25) is 0 Å². The maximum atomic E-state index is 6.15. The second-order valence-electron chi connectivity index (χ2n) is 5.51. The summed E-state index contributed by atoms with van der Waals surface area (Å²) in [5, 5.41) is 0.759. The van der Waals surface area contributed by atoms with Crippen LogP contribution in [0.15, 0.2) is 24.3 Å². The summed E-state index contributed by atoms with van der Waals surface area (Å²) >= 11 is 5.98. The van der Waals surface area contributed by atoms with E-state index in [0.29, 0.717) is 19.1 Å². The summed E-state index contributed by atoms with van der Waals surface area (Å²) in [4.78, 5) is 0. The van der Waals surface area contributed by atoms with Gasteiger partial charge in [0.15, 0.2) is 0 Å². The minimum absolute atomic E-state index is 0.125. The molecule has 0 saturated heterocycles. The Balaban J connectivity index is 1.98. The molecule has 2 N–H and O–H groups in total. The molecule has 1 fully saturated rings. The van der Waals surface area contributed by atoms with Gasteiger partial charge in [0.1, 0.15) is 0 Å². The van der Waals surface area contributed by atoms with E-state index in [2.05, 4.69) is 6.92 Å². The van der Waals surface area contributed by atoms with Crippen molar-refractivity contribution >= 4 is 11.6 Å². The first kappa shape index (κ1) is 13.9. The van der Waals surface area contributed by atoms with Crippen molar-refractivity contribution < 1.29 is 4.74 Å². The summed E-state index contributed by atoms with van der Waals surface area (Å²) in [6.45, 7) is 3.49.